The van der Waals surface area contributed by atoms with Crippen molar-refractivity contribution in [2.75, 3.05) is 0 Å². The maximum absolute atomic E-state index is 10.7. The fourth-order valence-electron chi connectivity index (χ4n) is 2.86. The van der Waals surface area contributed by atoms with Gasteiger partial charge in [0, 0.05) is 21.5 Å². The van der Waals surface area contributed by atoms with Crippen LogP contribution in [0.15, 0.2) is 62.9 Å². The van der Waals surface area contributed by atoms with Crippen molar-refractivity contribution < 1.29 is 14.0 Å². The monoisotopic (exact) mass is 300 g/mol. The largest absolute Gasteiger partial charge is 0.453 e. The number of furan rings is 1. The summed E-state index contributed by atoms with van der Waals surface area (Å²) in [5.41, 5.74) is 2.10. The first-order valence-electron chi connectivity index (χ1n) is 6.86. The van der Waals surface area contributed by atoms with Gasteiger partial charge in [0.2, 0.25) is 12.2 Å². The number of fused-ring (bicyclic) bond motifs is 5. The molecule has 0 aliphatic rings. The molecule has 0 fully saturated rings. The number of carbonyl (C=O) groups excluding carboxylic acids is 2. The molecule has 5 heteroatoms. The van der Waals surface area contributed by atoms with E-state index in [2.05, 4.69) is 9.98 Å². The lowest BCUT2D eigenvalue weighted by atomic mass is 10.0. The molecule has 5 nitrogen and oxygen atoms in total. The average molecular weight is 300 g/mol. The fourth-order valence-corrected chi connectivity index (χ4v) is 2.86. The van der Waals surface area contributed by atoms with Gasteiger partial charge in [0.05, 0.1) is 5.69 Å². The van der Waals surface area contributed by atoms with Gasteiger partial charge >= 0.3 is 0 Å². The van der Waals surface area contributed by atoms with Gasteiger partial charge in [-0.15, -0.1) is 0 Å². The number of hydrogen-bond donors (Lipinski definition) is 0. The Bertz CT molecular complexity index is 1180. The predicted molar refractivity (Wildman–Crippen MR) is 86.8 cm³/mol. The van der Waals surface area contributed by atoms with Crippen LogP contribution in [-0.2, 0) is 9.59 Å². The summed E-state index contributed by atoms with van der Waals surface area (Å²) in [7, 11) is 0. The maximum Gasteiger partial charge on any atom is 0.240 e. The van der Waals surface area contributed by atoms with Gasteiger partial charge in [-0.2, -0.15) is 9.98 Å². The van der Waals surface area contributed by atoms with Crippen LogP contribution < -0.4 is 0 Å². The molecular weight excluding hydrogens is 292 g/mol. The van der Waals surface area contributed by atoms with Crippen LogP contribution in [0.4, 0.5) is 11.4 Å². The van der Waals surface area contributed by atoms with Crippen molar-refractivity contribution in [1.82, 2.24) is 0 Å². The SMILES string of the molecule is O=C=Nc1cc2c3cccc(N=C=O)c3oc2c2ccccc12. The molecule has 4 aromatic rings. The van der Waals surface area contributed by atoms with E-state index in [0.29, 0.717) is 22.5 Å². The van der Waals surface area contributed by atoms with E-state index < -0.39 is 0 Å². The zero-order valence-corrected chi connectivity index (χ0v) is 11.7. The molecular formula is C18H8N2O3. The number of hydrogen-bond acceptors (Lipinski definition) is 5. The lowest BCUT2D eigenvalue weighted by molar-refractivity contribution is 0.564. The summed E-state index contributed by atoms with van der Waals surface area (Å²) >= 11 is 0. The second kappa shape index (κ2) is 5.04. The van der Waals surface area contributed by atoms with Crippen LogP contribution in [0.2, 0.25) is 0 Å². The average Bonchev–Trinajstić information content (AvgIpc) is 2.96. The van der Waals surface area contributed by atoms with Crippen LogP contribution in [-0.4, -0.2) is 12.2 Å². The number of aliphatic imine (C=N–C) groups is 2. The Labute approximate surface area is 129 Å². The van der Waals surface area contributed by atoms with Gasteiger partial charge in [-0.1, -0.05) is 36.4 Å². The van der Waals surface area contributed by atoms with Crippen molar-refractivity contribution in [3.05, 3.63) is 48.5 Å². The Morgan fingerprint density at radius 1 is 0.696 bits per heavy atom. The zero-order chi connectivity index (χ0) is 15.8. The molecule has 0 amide bonds. The molecule has 4 rings (SSSR count). The Balaban J connectivity index is 2.28. The van der Waals surface area contributed by atoms with E-state index in [1.54, 1.807) is 24.3 Å². The van der Waals surface area contributed by atoms with Crippen molar-refractivity contribution in [1.29, 1.82) is 0 Å². The van der Waals surface area contributed by atoms with Gasteiger partial charge in [0.15, 0.2) is 5.58 Å². The van der Waals surface area contributed by atoms with Gasteiger partial charge in [0.1, 0.15) is 11.3 Å². The summed E-state index contributed by atoms with van der Waals surface area (Å²) in [5, 5.41) is 3.22. The predicted octanol–water partition coefficient (Wildman–Crippen LogP) is 4.67. The molecule has 0 saturated carbocycles. The topological polar surface area (TPSA) is 72.0 Å². The van der Waals surface area contributed by atoms with E-state index >= 15 is 0 Å². The molecule has 0 unspecified atom stereocenters. The second-order valence-electron chi connectivity index (χ2n) is 4.98. The Kier molecular flexibility index (Phi) is 2.88. The molecule has 1 aromatic heterocycles. The summed E-state index contributed by atoms with van der Waals surface area (Å²) in [5.74, 6) is 0. The van der Waals surface area contributed by atoms with E-state index in [9.17, 15) is 9.59 Å². The molecule has 23 heavy (non-hydrogen) atoms. The standard InChI is InChI=1S/C18H8N2O3/c21-9-19-15-7-3-6-13-14-8-16(20-10-22)11-4-1-2-5-12(11)17(14)23-18(13)15/h1-8H. The summed E-state index contributed by atoms with van der Waals surface area (Å²) in [4.78, 5) is 28.8. The number of rotatable bonds is 2. The van der Waals surface area contributed by atoms with Crippen LogP contribution in [0, 0.1) is 0 Å². The van der Waals surface area contributed by atoms with Crippen molar-refractivity contribution in [2.24, 2.45) is 9.98 Å². The van der Waals surface area contributed by atoms with E-state index in [0.717, 1.165) is 21.5 Å². The highest BCUT2D eigenvalue weighted by Crippen LogP contribution is 2.41. The normalized spacial score (nSPS) is 10.6. The third-order valence-corrected chi connectivity index (χ3v) is 3.79. The molecule has 108 valence electrons. The minimum Gasteiger partial charge on any atom is -0.453 e. The highest BCUT2D eigenvalue weighted by molar-refractivity contribution is 6.19. The number of benzene rings is 3. The second-order valence-corrected chi connectivity index (χ2v) is 4.98. The summed E-state index contributed by atoms with van der Waals surface area (Å²) in [6.07, 6.45) is 3.12. The molecule has 0 N–H and O–H groups in total. The summed E-state index contributed by atoms with van der Waals surface area (Å²) in [6, 6.07) is 14.6. The lowest BCUT2D eigenvalue weighted by Crippen LogP contribution is -1.75. The van der Waals surface area contributed by atoms with Crippen molar-refractivity contribution in [3.8, 4) is 0 Å². The zero-order valence-electron chi connectivity index (χ0n) is 11.7. The highest BCUT2D eigenvalue weighted by atomic mass is 16.3. The van der Waals surface area contributed by atoms with Crippen LogP contribution in [0.3, 0.4) is 0 Å². The molecule has 0 radical (unpaired) electrons. The van der Waals surface area contributed by atoms with Crippen molar-refractivity contribution >= 4 is 56.2 Å². The van der Waals surface area contributed by atoms with E-state index in [1.165, 1.54) is 6.08 Å². The molecule has 0 saturated heterocycles. The first kappa shape index (κ1) is 13.2. The van der Waals surface area contributed by atoms with Crippen LogP contribution in [0.5, 0.6) is 0 Å². The number of nitrogens with zero attached hydrogens (tertiary/aromatic N) is 2. The van der Waals surface area contributed by atoms with Gasteiger partial charge < -0.3 is 4.42 Å². The van der Waals surface area contributed by atoms with Crippen molar-refractivity contribution in [2.45, 2.75) is 0 Å². The molecule has 0 aliphatic heterocycles. The third-order valence-electron chi connectivity index (χ3n) is 3.79. The van der Waals surface area contributed by atoms with Crippen LogP contribution >= 0.6 is 0 Å². The fraction of sp³-hybridized carbons (Fsp3) is 0. The first-order valence-corrected chi connectivity index (χ1v) is 6.86. The molecule has 0 aliphatic carbocycles. The molecule has 3 aromatic carbocycles. The number of para-hydroxylation sites is 1. The van der Waals surface area contributed by atoms with E-state index in [-0.39, 0.29) is 0 Å². The van der Waals surface area contributed by atoms with Gasteiger partial charge in [0.25, 0.3) is 0 Å². The highest BCUT2D eigenvalue weighted by Gasteiger charge is 2.15. The molecule has 0 bridgehead atoms. The minimum atomic E-state index is 0.415. The smallest absolute Gasteiger partial charge is 0.240 e. The molecule has 0 spiro atoms. The lowest BCUT2D eigenvalue weighted by Gasteiger charge is -2.01. The molecule has 1 heterocycles. The van der Waals surface area contributed by atoms with E-state index in [1.807, 2.05) is 30.3 Å². The summed E-state index contributed by atoms with van der Waals surface area (Å²) < 4.78 is 5.97. The van der Waals surface area contributed by atoms with Gasteiger partial charge in [-0.3, -0.25) is 0 Å². The van der Waals surface area contributed by atoms with E-state index in [4.69, 9.17) is 4.42 Å². The number of isocyanates is 2. The quantitative estimate of drug-likeness (QED) is 0.399. The summed E-state index contributed by atoms with van der Waals surface area (Å²) in [6.45, 7) is 0. The minimum absolute atomic E-state index is 0.415. The van der Waals surface area contributed by atoms with Gasteiger partial charge in [-0.25, -0.2) is 9.59 Å². The Hall–Kier alpha value is -3.52. The maximum atomic E-state index is 10.7. The Morgan fingerprint density at radius 3 is 2.13 bits per heavy atom. The third kappa shape index (κ3) is 1.89. The van der Waals surface area contributed by atoms with Gasteiger partial charge in [-0.05, 0) is 12.1 Å². The van der Waals surface area contributed by atoms with Crippen LogP contribution in [0.1, 0.15) is 0 Å². The molecule has 0 atom stereocenters. The first-order chi connectivity index (χ1) is 11.3. The van der Waals surface area contributed by atoms with Crippen molar-refractivity contribution in [3.63, 3.8) is 0 Å². The van der Waals surface area contributed by atoms with Crippen LogP contribution in [0.25, 0.3) is 32.7 Å². The Morgan fingerprint density at radius 2 is 1.35 bits per heavy atom.